The number of pyridine rings is 1. The average Bonchev–Trinajstić information content (AvgIpc) is 2.83. The molecule has 0 saturated carbocycles. The lowest BCUT2D eigenvalue weighted by atomic mass is 10.1. The van der Waals surface area contributed by atoms with Gasteiger partial charge in [-0.25, -0.2) is 4.98 Å². The minimum Gasteiger partial charge on any atom is -0.356 e. The van der Waals surface area contributed by atoms with E-state index in [0.29, 0.717) is 5.92 Å². The summed E-state index contributed by atoms with van der Waals surface area (Å²) < 4.78 is 1.30. The molecule has 0 aliphatic rings. The molecule has 3 nitrogen and oxygen atoms in total. The summed E-state index contributed by atoms with van der Waals surface area (Å²) in [7, 11) is 0. The number of nitrogens with two attached hydrogens (primary N) is 1. The molecule has 2 N–H and O–H groups in total. The maximum atomic E-state index is 5.70. The van der Waals surface area contributed by atoms with Gasteiger partial charge >= 0.3 is 0 Å². The first-order chi connectivity index (χ1) is 8.26. The first-order valence-corrected chi connectivity index (χ1v) is 6.91. The number of rotatable bonds is 5. The minimum atomic E-state index is 0.491. The molecule has 0 aromatic carbocycles. The van der Waals surface area contributed by atoms with Gasteiger partial charge in [-0.15, -0.1) is 11.3 Å². The van der Waals surface area contributed by atoms with Crippen LogP contribution in [-0.4, -0.2) is 24.6 Å². The molecular formula is C13H19N3S. The zero-order valence-corrected chi connectivity index (χ0v) is 11.2. The highest BCUT2D eigenvalue weighted by atomic mass is 32.1. The molecule has 17 heavy (non-hydrogen) atoms. The predicted molar refractivity (Wildman–Crippen MR) is 75.7 cm³/mol. The van der Waals surface area contributed by atoms with Crippen molar-refractivity contribution in [1.29, 1.82) is 0 Å². The smallest absolute Gasteiger partial charge is 0.137 e. The second-order valence-electron chi connectivity index (χ2n) is 4.35. The Balaban J connectivity index is 2.32. The van der Waals surface area contributed by atoms with Crippen molar-refractivity contribution in [3.8, 4) is 0 Å². The molecule has 0 bridgehead atoms. The van der Waals surface area contributed by atoms with Crippen LogP contribution in [0.25, 0.3) is 10.1 Å². The molecule has 0 radical (unpaired) electrons. The van der Waals surface area contributed by atoms with Crippen molar-refractivity contribution < 1.29 is 0 Å². The lowest BCUT2D eigenvalue weighted by Gasteiger charge is -2.25. The van der Waals surface area contributed by atoms with Crippen LogP contribution in [0.4, 0.5) is 5.82 Å². The molecule has 1 atom stereocenters. The Hall–Kier alpha value is -1.13. The van der Waals surface area contributed by atoms with Gasteiger partial charge in [-0.05, 0) is 36.9 Å². The molecule has 0 aliphatic heterocycles. The maximum absolute atomic E-state index is 5.70. The summed E-state index contributed by atoms with van der Waals surface area (Å²) in [6.07, 6.45) is 1.89. The van der Waals surface area contributed by atoms with Gasteiger partial charge in [-0.1, -0.05) is 6.92 Å². The van der Waals surface area contributed by atoms with Crippen LogP contribution in [-0.2, 0) is 0 Å². The van der Waals surface area contributed by atoms with E-state index in [1.165, 1.54) is 10.1 Å². The highest BCUT2D eigenvalue weighted by Gasteiger charge is 2.13. The zero-order chi connectivity index (χ0) is 12.3. The average molecular weight is 249 g/mol. The summed E-state index contributed by atoms with van der Waals surface area (Å²) in [6, 6.07) is 4.22. The van der Waals surface area contributed by atoms with Crippen LogP contribution in [0.3, 0.4) is 0 Å². The highest BCUT2D eigenvalue weighted by molar-refractivity contribution is 7.17. The quantitative estimate of drug-likeness (QED) is 0.886. The summed E-state index contributed by atoms with van der Waals surface area (Å²) in [5.41, 5.74) is 5.70. The summed E-state index contributed by atoms with van der Waals surface area (Å²) in [6.45, 7) is 6.99. The summed E-state index contributed by atoms with van der Waals surface area (Å²) >= 11 is 1.76. The van der Waals surface area contributed by atoms with Gasteiger partial charge in [0.05, 0.1) is 0 Å². The van der Waals surface area contributed by atoms with Crippen LogP contribution in [0.1, 0.15) is 13.8 Å². The van der Waals surface area contributed by atoms with Crippen molar-refractivity contribution in [3.63, 3.8) is 0 Å². The molecule has 92 valence electrons. The van der Waals surface area contributed by atoms with E-state index in [4.69, 9.17) is 5.73 Å². The Bertz CT molecular complexity index is 480. The third-order valence-corrected chi connectivity index (χ3v) is 3.86. The van der Waals surface area contributed by atoms with Crippen LogP contribution in [0.2, 0.25) is 0 Å². The number of anilines is 1. The Labute approximate surface area is 106 Å². The molecule has 1 unspecified atom stereocenters. The van der Waals surface area contributed by atoms with Crippen molar-refractivity contribution in [2.45, 2.75) is 13.8 Å². The molecule has 4 heteroatoms. The van der Waals surface area contributed by atoms with Crippen molar-refractivity contribution in [2.24, 2.45) is 11.7 Å². The van der Waals surface area contributed by atoms with E-state index < -0.39 is 0 Å². The fourth-order valence-corrected chi connectivity index (χ4v) is 2.72. The second-order valence-corrected chi connectivity index (χ2v) is 5.29. The first kappa shape index (κ1) is 12.3. The van der Waals surface area contributed by atoms with E-state index in [1.807, 2.05) is 6.20 Å². The van der Waals surface area contributed by atoms with E-state index in [-0.39, 0.29) is 0 Å². The van der Waals surface area contributed by atoms with Crippen LogP contribution in [0.5, 0.6) is 0 Å². The SMILES string of the molecule is CCN(CC(C)CN)c1nccc2sccc12. The Morgan fingerprint density at radius 3 is 3.00 bits per heavy atom. The number of thiophene rings is 1. The summed E-state index contributed by atoms with van der Waals surface area (Å²) in [5, 5.41) is 3.37. The van der Waals surface area contributed by atoms with Crippen molar-refractivity contribution >= 4 is 27.2 Å². The molecule has 0 spiro atoms. The molecule has 2 aromatic heterocycles. The van der Waals surface area contributed by atoms with E-state index in [2.05, 4.69) is 41.2 Å². The number of hydrogen-bond acceptors (Lipinski definition) is 4. The lowest BCUT2D eigenvalue weighted by Crippen LogP contribution is -2.32. The van der Waals surface area contributed by atoms with E-state index in [1.54, 1.807) is 11.3 Å². The third kappa shape index (κ3) is 2.58. The van der Waals surface area contributed by atoms with Crippen LogP contribution >= 0.6 is 11.3 Å². The zero-order valence-electron chi connectivity index (χ0n) is 10.4. The van der Waals surface area contributed by atoms with Gasteiger partial charge in [-0.3, -0.25) is 0 Å². The predicted octanol–water partition coefficient (Wildman–Crippen LogP) is 2.72. The monoisotopic (exact) mass is 249 g/mol. The highest BCUT2D eigenvalue weighted by Crippen LogP contribution is 2.28. The molecule has 2 rings (SSSR count). The Kier molecular flexibility index (Phi) is 3.97. The van der Waals surface area contributed by atoms with Gasteiger partial charge < -0.3 is 10.6 Å². The molecule has 2 aromatic rings. The topological polar surface area (TPSA) is 42.1 Å². The Morgan fingerprint density at radius 2 is 2.29 bits per heavy atom. The molecule has 2 heterocycles. The van der Waals surface area contributed by atoms with Gasteiger partial charge in [0.25, 0.3) is 0 Å². The molecule has 0 amide bonds. The van der Waals surface area contributed by atoms with Crippen molar-refractivity contribution in [3.05, 3.63) is 23.7 Å². The minimum absolute atomic E-state index is 0.491. The van der Waals surface area contributed by atoms with E-state index >= 15 is 0 Å². The van der Waals surface area contributed by atoms with Crippen molar-refractivity contribution in [1.82, 2.24) is 4.98 Å². The van der Waals surface area contributed by atoms with Gasteiger partial charge in [0.15, 0.2) is 0 Å². The van der Waals surface area contributed by atoms with Gasteiger partial charge in [0, 0.05) is 29.4 Å². The summed E-state index contributed by atoms with van der Waals surface area (Å²) in [4.78, 5) is 6.84. The standard InChI is InChI=1S/C13H19N3S/c1-3-16(9-10(2)8-14)13-11-5-7-17-12(11)4-6-15-13/h4-7,10H,3,8-9,14H2,1-2H3. The molecular weight excluding hydrogens is 230 g/mol. The van der Waals surface area contributed by atoms with Gasteiger partial charge in [-0.2, -0.15) is 0 Å². The fourth-order valence-electron chi connectivity index (χ4n) is 1.95. The van der Waals surface area contributed by atoms with Gasteiger partial charge in [0.2, 0.25) is 0 Å². The largest absolute Gasteiger partial charge is 0.356 e. The normalized spacial score (nSPS) is 12.9. The van der Waals surface area contributed by atoms with Crippen molar-refractivity contribution in [2.75, 3.05) is 24.5 Å². The first-order valence-electron chi connectivity index (χ1n) is 6.03. The van der Waals surface area contributed by atoms with Crippen LogP contribution in [0, 0.1) is 5.92 Å². The second kappa shape index (κ2) is 5.47. The van der Waals surface area contributed by atoms with Crippen LogP contribution < -0.4 is 10.6 Å². The fraction of sp³-hybridized carbons (Fsp3) is 0.462. The molecule has 0 aliphatic carbocycles. The number of fused-ring (bicyclic) bond motifs is 1. The van der Waals surface area contributed by atoms with Gasteiger partial charge in [0.1, 0.15) is 5.82 Å². The molecule has 0 saturated heterocycles. The van der Waals surface area contributed by atoms with E-state index in [0.717, 1.165) is 25.5 Å². The summed E-state index contributed by atoms with van der Waals surface area (Å²) in [5.74, 6) is 1.58. The van der Waals surface area contributed by atoms with Crippen LogP contribution in [0.15, 0.2) is 23.7 Å². The van der Waals surface area contributed by atoms with E-state index in [9.17, 15) is 0 Å². The number of aromatic nitrogens is 1. The Morgan fingerprint density at radius 1 is 1.47 bits per heavy atom. The molecule has 0 fully saturated rings. The lowest BCUT2D eigenvalue weighted by molar-refractivity contribution is 0.574. The third-order valence-electron chi connectivity index (χ3n) is 2.97. The maximum Gasteiger partial charge on any atom is 0.137 e. The number of nitrogens with zero attached hydrogens (tertiary/aromatic N) is 2. The number of hydrogen-bond donors (Lipinski definition) is 1.